The van der Waals surface area contributed by atoms with Gasteiger partial charge in [-0.25, -0.2) is 0 Å². The smallest absolute Gasteiger partial charge is 0.243 e. The molecule has 1 heterocycles. The Bertz CT molecular complexity index is 1030. The zero-order valence-electron chi connectivity index (χ0n) is 17.5. The number of aromatic nitrogens is 1. The summed E-state index contributed by atoms with van der Waals surface area (Å²) in [4.78, 5) is 28.6. The van der Waals surface area contributed by atoms with Gasteiger partial charge in [-0.15, -0.1) is 0 Å². The van der Waals surface area contributed by atoms with E-state index in [4.69, 9.17) is 11.6 Å². The highest BCUT2D eigenvalue weighted by molar-refractivity contribution is 6.30. The average molecular weight is 426 g/mol. The quantitative estimate of drug-likeness (QED) is 0.504. The molecule has 3 aromatic rings. The monoisotopic (exact) mass is 425 g/mol. The van der Waals surface area contributed by atoms with Crippen LogP contribution in [0.1, 0.15) is 31.9 Å². The Kier molecular flexibility index (Phi) is 7.16. The molecule has 3 N–H and O–H groups in total. The first-order valence-corrected chi connectivity index (χ1v) is 10.6. The average Bonchev–Trinajstić information content (AvgIpc) is 3.10. The fraction of sp³-hybridized carbons (Fsp3) is 0.333. The van der Waals surface area contributed by atoms with Crippen molar-refractivity contribution >= 4 is 34.3 Å². The minimum absolute atomic E-state index is 0.0996. The number of aromatic amines is 1. The van der Waals surface area contributed by atoms with Gasteiger partial charge >= 0.3 is 0 Å². The molecule has 0 aliphatic rings. The predicted molar refractivity (Wildman–Crippen MR) is 122 cm³/mol. The Morgan fingerprint density at radius 1 is 0.967 bits per heavy atom. The van der Waals surface area contributed by atoms with Crippen LogP contribution in [-0.2, 0) is 22.4 Å². The lowest BCUT2D eigenvalue weighted by atomic mass is 10.0. The van der Waals surface area contributed by atoms with Crippen LogP contribution >= 0.6 is 11.6 Å². The van der Waals surface area contributed by atoms with E-state index >= 15 is 0 Å². The highest BCUT2D eigenvalue weighted by Gasteiger charge is 2.24. The molecular weight excluding hydrogens is 398 g/mol. The van der Waals surface area contributed by atoms with Gasteiger partial charge in [0.15, 0.2) is 0 Å². The molecule has 3 rings (SSSR count). The van der Waals surface area contributed by atoms with E-state index in [2.05, 4.69) is 15.6 Å². The highest BCUT2D eigenvalue weighted by atomic mass is 35.5. The summed E-state index contributed by atoms with van der Waals surface area (Å²) in [5.41, 5.74) is 3.06. The highest BCUT2D eigenvalue weighted by Crippen LogP contribution is 2.19. The molecule has 0 fully saturated rings. The molecule has 1 aromatic heterocycles. The number of H-pyrrole nitrogens is 1. The second-order valence-electron chi connectivity index (χ2n) is 8.02. The van der Waals surface area contributed by atoms with Crippen molar-refractivity contribution in [2.75, 3.05) is 0 Å². The number of para-hydroxylation sites is 1. The van der Waals surface area contributed by atoms with Gasteiger partial charge in [0.25, 0.3) is 0 Å². The summed E-state index contributed by atoms with van der Waals surface area (Å²) < 4.78 is 0. The number of nitrogens with one attached hydrogen (secondary N) is 3. The molecule has 6 heteroatoms. The largest absolute Gasteiger partial charge is 0.361 e. The molecule has 0 radical (unpaired) electrons. The van der Waals surface area contributed by atoms with Gasteiger partial charge in [-0.1, -0.05) is 55.8 Å². The van der Waals surface area contributed by atoms with Crippen molar-refractivity contribution in [3.63, 3.8) is 0 Å². The number of amides is 2. The standard InChI is InChI=1S/C24H28ClN3O2/c1-15(2)23(29)28-22(13-18-14-26-21-10-5-4-9-20(18)21)24(30)27-16(3)11-17-7-6-8-19(25)12-17/h4-10,12,14-16,22,26H,11,13H2,1-3H3,(H,27,30)(H,28,29)/t16-,22+/m1/s1. The van der Waals surface area contributed by atoms with Crippen molar-refractivity contribution < 1.29 is 9.59 Å². The minimum atomic E-state index is -0.652. The first kappa shape index (κ1) is 21.9. The molecule has 30 heavy (non-hydrogen) atoms. The molecule has 0 bridgehead atoms. The van der Waals surface area contributed by atoms with E-state index in [-0.39, 0.29) is 23.8 Å². The lowest BCUT2D eigenvalue weighted by Gasteiger charge is -2.22. The molecule has 2 amide bonds. The third kappa shape index (κ3) is 5.63. The first-order valence-electron chi connectivity index (χ1n) is 10.2. The van der Waals surface area contributed by atoms with Crippen molar-refractivity contribution in [3.05, 3.63) is 70.9 Å². The molecule has 0 aliphatic heterocycles. The van der Waals surface area contributed by atoms with Gasteiger partial charge < -0.3 is 15.6 Å². The summed E-state index contributed by atoms with van der Waals surface area (Å²) in [7, 11) is 0. The van der Waals surface area contributed by atoms with Crippen LogP contribution < -0.4 is 10.6 Å². The predicted octanol–water partition coefficient (Wildman–Crippen LogP) is 4.25. The summed E-state index contributed by atoms with van der Waals surface area (Å²) in [6.07, 6.45) is 2.98. The Hall–Kier alpha value is -2.79. The molecule has 0 spiro atoms. The molecule has 5 nitrogen and oxygen atoms in total. The van der Waals surface area contributed by atoms with Crippen LogP contribution in [0.3, 0.4) is 0 Å². The Morgan fingerprint density at radius 2 is 1.73 bits per heavy atom. The van der Waals surface area contributed by atoms with E-state index in [0.29, 0.717) is 17.9 Å². The van der Waals surface area contributed by atoms with E-state index in [1.165, 1.54) is 0 Å². The van der Waals surface area contributed by atoms with Gasteiger partial charge in [-0.05, 0) is 42.7 Å². The molecule has 2 aromatic carbocycles. The Balaban J connectivity index is 1.73. The van der Waals surface area contributed by atoms with Crippen molar-refractivity contribution in [2.45, 2.75) is 45.7 Å². The zero-order valence-corrected chi connectivity index (χ0v) is 18.3. The van der Waals surface area contributed by atoms with Crippen LogP contribution in [0.2, 0.25) is 5.02 Å². The van der Waals surface area contributed by atoms with Crippen molar-refractivity contribution in [1.29, 1.82) is 0 Å². The lowest BCUT2D eigenvalue weighted by molar-refractivity contribution is -0.130. The lowest BCUT2D eigenvalue weighted by Crippen LogP contribution is -2.51. The van der Waals surface area contributed by atoms with E-state index in [1.54, 1.807) is 0 Å². The SMILES string of the molecule is CC(C)C(=O)N[C@@H](Cc1c[nH]c2ccccc12)C(=O)N[C@H](C)Cc1cccc(Cl)c1. The van der Waals surface area contributed by atoms with Crippen LogP contribution in [0.15, 0.2) is 54.7 Å². The first-order chi connectivity index (χ1) is 14.3. The number of carbonyl (C=O) groups excluding carboxylic acids is 2. The maximum Gasteiger partial charge on any atom is 0.243 e. The van der Waals surface area contributed by atoms with Crippen molar-refractivity contribution in [1.82, 2.24) is 15.6 Å². The number of fused-ring (bicyclic) bond motifs is 1. The second kappa shape index (κ2) is 9.81. The van der Waals surface area contributed by atoms with Crippen LogP contribution in [-0.4, -0.2) is 28.9 Å². The van der Waals surface area contributed by atoms with Gasteiger partial charge in [0, 0.05) is 40.5 Å². The number of hydrogen-bond donors (Lipinski definition) is 3. The number of halogens is 1. The van der Waals surface area contributed by atoms with Gasteiger partial charge in [0.1, 0.15) is 6.04 Å². The molecule has 0 saturated heterocycles. The van der Waals surface area contributed by atoms with E-state index < -0.39 is 6.04 Å². The van der Waals surface area contributed by atoms with Gasteiger partial charge in [-0.2, -0.15) is 0 Å². The molecule has 158 valence electrons. The maximum absolute atomic E-state index is 13.1. The minimum Gasteiger partial charge on any atom is -0.361 e. The molecule has 0 unspecified atom stereocenters. The number of hydrogen-bond acceptors (Lipinski definition) is 2. The van der Waals surface area contributed by atoms with Gasteiger partial charge in [0.2, 0.25) is 11.8 Å². The van der Waals surface area contributed by atoms with E-state index in [9.17, 15) is 9.59 Å². The zero-order chi connectivity index (χ0) is 21.7. The summed E-state index contributed by atoms with van der Waals surface area (Å²) in [6.45, 7) is 5.58. The maximum atomic E-state index is 13.1. The van der Waals surface area contributed by atoms with E-state index in [0.717, 1.165) is 22.0 Å². The summed E-state index contributed by atoms with van der Waals surface area (Å²) in [6, 6.07) is 14.8. The van der Waals surface area contributed by atoms with Crippen LogP contribution in [0.5, 0.6) is 0 Å². The van der Waals surface area contributed by atoms with E-state index in [1.807, 2.05) is 75.5 Å². The fourth-order valence-electron chi connectivity index (χ4n) is 3.48. The normalized spacial score (nSPS) is 13.2. The summed E-state index contributed by atoms with van der Waals surface area (Å²) in [5.74, 6) is -0.534. The van der Waals surface area contributed by atoms with Crippen molar-refractivity contribution in [2.24, 2.45) is 5.92 Å². The molecule has 2 atom stereocenters. The van der Waals surface area contributed by atoms with Gasteiger partial charge in [0.05, 0.1) is 0 Å². The number of benzene rings is 2. The topological polar surface area (TPSA) is 74.0 Å². The van der Waals surface area contributed by atoms with Gasteiger partial charge in [-0.3, -0.25) is 9.59 Å². The third-order valence-corrected chi connectivity index (χ3v) is 5.31. The van der Waals surface area contributed by atoms with Crippen molar-refractivity contribution in [3.8, 4) is 0 Å². The Labute approximate surface area is 182 Å². The molecule has 0 saturated carbocycles. The molecular formula is C24H28ClN3O2. The number of carbonyl (C=O) groups is 2. The number of rotatable bonds is 8. The fourth-order valence-corrected chi connectivity index (χ4v) is 3.69. The Morgan fingerprint density at radius 3 is 2.47 bits per heavy atom. The third-order valence-electron chi connectivity index (χ3n) is 5.08. The van der Waals surface area contributed by atoms with Crippen LogP contribution in [0, 0.1) is 5.92 Å². The van der Waals surface area contributed by atoms with Crippen LogP contribution in [0.25, 0.3) is 10.9 Å². The summed E-state index contributed by atoms with van der Waals surface area (Å²) >= 11 is 6.06. The second-order valence-corrected chi connectivity index (χ2v) is 8.46. The van der Waals surface area contributed by atoms with Crippen LogP contribution in [0.4, 0.5) is 0 Å². The summed E-state index contributed by atoms with van der Waals surface area (Å²) in [5, 5.41) is 7.69. The molecule has 0 aliphatic carbocycles.